The van der Waals surface area contributed by atoms with Crippen LogP contribution in [0.5, 0.6) is 0 Å². The normalized spacial score (nSPS) is 16.1. The molecule has 1 saturated heterocycles. The highest BCUT2D eigenvalue weighted by molar-refractivity contribution is 7.22. The van der Waals surface area contributed by atoms with Gasteiger partial charge in [-0.25, -0.2) is 9.78 Å². The van der Waals surface area contributed by atoms with Crippen molar-refractivity contribution in [1.82, 2.24) is 15.2 Å². The van der Waals surface area contributed by atoms with Crippen LogP contribution in [0.1, 0.15) is 29.8 Å². The van der Waals surface area contributed by atoms with Gasteiger partial charge in [0, 0.05) is 13.1 Å². The van der Waals surface area contributed by atoms with E-state index in [9.17, 15) is 4.79 Å². The van der Waals surface area contributed by atoms with Crippen molar-refractivity contribution in [3.05, 3.63) is 11.9 Å². The van der Waals surface area contributed by atoms with E-state index in [1.165, 1.54) is 24.0 Å². The van der Waals surface area contributed by atoms with Gasteiger partial charge in [-0.05, 0) is 19.3 Å². The Hall–Kier alpha value is -1.76. The minimum atomic E-state index is -1.05. The minimum Gasteiger partial charge on any atom is -0.476 e. The molecule has 18 heavy (non-hydrogen) atoms. The van der Waals surface area contributed by atoms with E-state index in [1.54, 1.807) is 0 Å². The molecule has 0 spiro atoms. The van der Waals surface area contributed by atoms with E-state index in [0.29, 0.717) is 10.2 Å². The fraction of sp³-hybridized carbons (Fsp3) is 0.455. The summed E-state index contributed by atoms with van der Waals surface area (Å²) in [5, 5.41) is 17.3. The highest BCUT2D eigenvalue weighted by atomic mass is 32.1. The number of piperidine rings is 1. The first-order valence-corrected chi connectivity index (χ1v) is 6.68. The number of hydrogen-bond donors (Lipinski definition) is 1. The maximum Gasteiger partial charge on any atom is 0.358 e. The number of hydrogen-bond acceptors (Lipinski definition) is 6. The minimum absolute atomic E-state index is 0.00624. The topological polar surface area (TPSA) is 79.2 Å². The van der Waals surface area contributed by atoms with Crippen molar-refractivity contribution in [2.75, 3.05) is 18.0 Å². The first-order chi connectivity index (χ1) is 8.75. The van der Waals surface area contributed by atoms with Crippen LogP contribution in [0.3, 0.4) is 0 Å². The van der Waals surface area contributed by atoms with E-state index in [0.717, 1.165) is 31.1 Å². The van der Waals surface area contributed by atoms with Crippen molar-refractivity contribution in [2.24, 2.45) is 0 Å². The number of carboxylic acid groups (broad SMARTS) is 1. The average molecular weight is 264 g/mol. The predicted octanol–water partition coefficient (Wildman–Crippen LogP) is 1.77. The first kappa shape index (κ1) is 11.3. The lowest BCUT2D eigenvalue weighted by molar-refractivity contribution is 0.0692. The number of aromatic carboxylic acids is 1. The summed E-state index contributed by atoms with van der Waals surface area (Å²) in [6.45, 7) is 1.98. The third kappa shape index (κ3) is 1.90. The number of carbonyl (C=O) groups is 1. The maximum atomic E-state index is 11.1. The Labute approximate surface area is 107 Å². The number of nitrogens with zero attached hydrogens (tertiary/aromatic N) is 4. The molecule has 0 unspecified atom stereocenters. The lowest BCUT2D eigenvalue weighted by atomic mass is 10.1. The van der Waals surface area contributed by atoms with E-state index < -0.39 is 5.97 Å². The molecular weight excluding hydrogens is 252 g/mol. The number of thiazole rings is 1. The maximum absolute atomic E-state index is 11.1. The molecule has 7 heteroatoms. The molecule has 0 radical (unpaired) electrons. The van der Waals surface area contributed by atoms with Gasteiger partial charge in [-0.2, -0.15) is 5.10 Å². The summed E-state index contributed by atoms with van der Waals surface area (Å²) in [5.41, 5.74) is 0.612. The van der Waals surface area contributed by atoms with Crippen molar-refractivity contribution in [2.45, 2.75) is 19.3 Å². The van der Waals surface area contributed by atoms with Gasteiger partial charge in [0.15, 0.2) is 10.8 Å². The number of aromatic nitrogens is 3. The van der Waals surface area contributed by atoms with Crippen molar-refractivity contribution < 1.29 is 9.90 Å². The van der Waals surface area contributed by atoms with E-state index >= 15 is 0 Å². The third-order valence-electron chi connectivity index (χ3n) is 3.02. The molecule has 0 amide bonds. The highest BCUT2D eigenvalue weighted by Crippen LogP contribution is 2.31. The Kier molecular flexibility index (Phi) is 2.83. The number of anilines is 1. The molecule has 3 rings (SSSR count). The number of rotatable bonds is 2. The van der Waals surface area contributed by atoms with Gasteiger partial charge in [-0.1, -0.05) is 11.3 Å². The predicted molar refractivity (Wildman–Crippen MR) is 68.2 cm³/mol. The van der Waals surface area contributed by atoms with Crippen LogP contribution in [-0.2, 0) is 0 Å². The van der Waals surface area contributed by atoms with Gasteiger partial charge < -0.3 is 10.0 Å². The van der Waals surface area contributed by atoms with Crippen LogP contribution < -0.4 is 4.90 Å². The summed E-state index contributed by atoms with van der Waals surface area (Å²) in [7, 11) is 0. The molecule has 0 bridgehead atoms. The van der Waals surface area contributed by atoms with Crippen LogP contribution in [0, 0.1) is 0 Å². The summed E-state index contributed by atoms with van der Waals surface area (Å²) in [4.78, 5) is 17.7. The van der Waals surface area contributed by atoms with Gasteiger partial charge in [-0.3, -0.25) is 0 Å². The first-order valence-electron chi connectivity index (χ1n) is 5.86. The summed E-state index contributed by atoms with van der Waals surface area (Å²) in [5.74, 6) is -1.05. The van der Waals surface area contributed by atoms with E-state index in [4.69, 9.17) is 5.11 Å². The van der Waals surface area contributed by atoms with Crippen LogP contribution in [0.25, 0.3) is 10.2 Å². The zero-order valence-electron chi connectivity index (χ0n) is 9.67. The van der Waals surface area contributed by atoms with Crippen LogP contribution in [0.15, 0.2) is 6.20 Å². The monoisotopic (exact) mass is 264 g/mol. The second-order valence-electron chi connectivity index (χ2n) is 4.26. The summed E-state index contributed by atoms with van der Waals surface area (Å²) in [6, 6.07) is 0. The molecule has 0 aliphatic carbocycles. The fourth-order valence-corrected chi connectivity index (χ4v) is 3.19. The molecule has 2 aromatic rings. The smallest absolute Gasteiger partial charge is 0.358 e. The van der Waals surface area contributed by atoms with Crippen molar-refractivity contribution >= 4 is 32.7 Å². The quantitative estimate of drug-likeness (QED) is 0.890. The molecule has 1 aliphatic rings. The molecule has 94 valence electrons. The van der Waals surface area contributed by atoms with Crippen molar-refractivity contribution in [3.8, 4) is 0 Å². The summed E-state index contributed by atoms with van der Waals surface area (Å²) >= 11 is 1.39. The van der Waals surface area contributed by atoms with E-state index in [2.05, 4.69) is 20.1 Å². The fourth-order valence-electron chi connectivity index (χ4n) is 2.12. The second-order valence-corrected chi connectivity index (χ2v) is 5.23. The molecular formula is C11H12N4O2S. The van der Waals surface area contributed by atoms with Crippen LogP contribution >= 0.6 is 11.3 Å². The third-order valence-corrected chi connectivity index (χ3v) is 4.16. The van der Waals surface area contributed by atoms with Crippen molar-refractivity contribution in [3.63, 3.8) is 0 Å². The molecule has 1 fully saturated rings. The Balaban J connectivity index is 2.04. The van der Waals surface area contributed by atoms with Gasteiger partial charge in [0.25, 0.3) is 0 Å². The Morgan fingerprint density at radius 2 is 2.11 bits per heavy atom. The molecule has 2 aromatic heterocycles. The number of carboxylic acids is 1. The molecule has 1 aliphatic heterocycles. The SMILES string of the molecule is O=C(O)c1nncc2nc(N3CCCCC3)sc12. The van der Waals surface area contributed by atoms with Gasteiger partial charge in [0.1, 0.15) is 5.52 Å². The van der Waals surface area contributed by atoms with Gasteiger partial charge in [-0.15, -0.1) is 5.10 Å². The Morgan fingerprint density at radius 3 is 2.83 bits per heavy atom. The standard InChI is InChI=1S/C11H12N4O2S/c16-10(17)8-9-7(6-12-14-8)13-11(18-9)15-4-2-1-3-5-15/h6H,1-5H2,(H,16,17). The average Bonchev–Trinajstić information content (AvgIpc) is 2.83. The summed E-state index contributed by atoms with van der Waals surface area (Å²) < 4.78 is 0.609. The lowest BCUT2D eigenvalue weighted by Crippen LogP contribution is -2.29. The second kappa shape index (κ2) is 4.49. The molecule has 1 N–H and O–H groups in total. The number of fused-ring (bicyclic) bond motifs is 1. The molecule has 0 atom stereocenters. The largest absolute Gasteiger partial charge is 0.476 e. The van der Waals surface area contributed by atoms with Crippen LogP contribution in [0.4, 0.5) is 5.13 Å². The van der Waals surface area contributed by atoms with Gasteiger partial charge in [0.2, 0.25) is 0 Å². The Morgan fingerprint density at radius 1 is 1.33 bits per heavy atom. The lowest BCUT2D eigenvalue weighted by Gasteiger charge is -2.25. The Bertz CT molecular complexity index is 592. The zero-order valence-corrected chi connectivity index (χ0v) is 10.5. The van der Waals surface area contributed by atoms with Gasteiger partial charge >= 0.3 is 5.97 Å². The van der Waals surface area contributed by atoms with Crippen molar-refractivity contribution in [1.29, 1.82) is 0 Å². The van der Waals surface area contributed by atoms with Gasteiger partial charge in [0.05, 0.1) is 10.9 Å². The van der Waals surface area contributed by atoms with E-state index in [1.807, 2.05) is 0 Å². The zero-order chi connectivity index (χ0) is 12.5. The molecule has 0 aromatic carbocycles. The van der Waals surface area contributed by atoms with Crippen LogP contribution in [0.2, 0.25) is 0 Å². The highest BCUT2D eigenvalue weighted by Gasteiger charge is 2.19. The molecule has 0 saturated carbocycles. The van der Waals surface area contributed by atoms with Crippen LogP contribution in [-0.4, -0.2) is 39.3 Å². The molecule has 3 heterocycles. The molecule has 6 nitrogen and oxygen atoms in total. The summed E-state index contributed by atoms with van der Waals surface area (Å²) in [6.07, 6.45) is 5.10. The van der Waals surface area contributed by atoms with E-state index in [-0.39, 0.29) is 5.69 Å².